The van der Waals surface area contributed by atoms with Gasteiger partial charge in [0.1, 0.15) is 6.61 Å². The molecule has 20 heavy (non-hydrogen) atoms. The number of morpholine rings is 1. The fraction of sp³-hybridized carbons (Fsp3) is 0.583. The summed E-state index contributed by atoms with van der Waals surface area (Å²) in [5, 5.41) is 8.97. The molecule has 0 saturated carbocycles. The maximum absolute atomic E-state index is 11.0. The van der Waals surface area contributed by atoms with Crippen LogP contribution in [0.2, 0.25) is 0 Å². The molecule has 0 aliphatic carbocycles. The Bertz CT molecular complexity index is 462. The molecular weight excluding hydrogens is 266 g/mol. The predicted octanol–water partition coefficient (Wildman–Crippen LogP) is 0.0366. The summed E-state index contributed by atoms with van der Waals surface area (Å²) in [6, 6.07) is 0. The molecule has 1 aliphatic rings. The molecule has 0 bridgehead atoms. The minimum atomic E-state index is -1.14. The van der Waals surface area contributed by atoms with Crippen LogP contribution >= 0.6 is 0 Å². The quantitative estimate of drug-likeness (QED) is 0.731. The Labute approximate surface area is 116 Å². The lowest BCUT2D eigenvalue weighted by Crippen LogP contribution is -2.37. The number of carboxylic acid groups (broad SMARTS) is 1. The van der Waals surface area contributed by atoms with Gasteiger partial charge in [0, 0.05) is 20.2 Å². The zero-order chi connectivity index (χ0) is 14.4. The monoisotopic (exact) mass is 283 g/mol. The second kappa shape index (κ2) is 7.01. The third kappa shape index (κ3) is 3.55. The fourth-order valence-electron chi connectivity index (χ4n) is 1.78. The lowest BCUT2D eigenvalue weighted by Gasteiger charge is -2.28. The standard InChI is InChI=1S/C12H17N3O5/c1-18-6-7-20-11-10(15-2-4-19-5-3-15)13-8-9(14-11)12(16)17/h8H,2-7H2,1H3,(H,16,17). The summed E-state index contributed by atoms with van der Waals surface area (Å²) >= 11 is 0. The van der Waals surface area contributed by atoms with Gasteiger partial charge < -0.3 is 24.2 Å². The first kappa shape index (κ1) is 14.5. The summed E-state index contributed by atoms with van der Waals surface area (Å²) in [7, 11) is 1.56. The van der Waals surface area contributed by atoms with E-state index in [9.17, 15) is 4.79 Å². The molecule has 1 aliphatic heterocycles. The van der Waals surface area contributed by atoms with Crippen LogP contribution in [-0.2, 0) is 9.47 Å². The van der Waals surface area contributed by atoms with Crippen LogP contribution < -0.4 is 9.64 Å². The number of hydrogen-bond donors (Lipinski definition) is 1. The smallest absolute Gasteiger partial charge is 0.356 e. The summed E-state index contributed by atoms with van der Waals surface area (Å²) in [6.45, 7) is 3.20. The molecule has 0 atom stereocenters. The van der Waals surface area contributed by atoms with E-state index in [0.717, 1.165) is 0 Å². The number of methoxy groups -OCH3 is 1. The van der Waals surface area contributed by atoms with Crippen LogP contribution in [0.1, 0.15) is 10.5 Å². The fourth-order valence-corrected chi connectivity index (χ4v) is 1.78. The molecule has 1 N–H and O–H groups in total. The van der Waals surface area contributed by atoms with Crippen LogP contribution in [0.4, 0.5) is 5.82 Å². The van der Waals surface area contributed by atoms with Crippen molar-refractivity contribution in [3.8, 4) is 5.88 Å². The molecule has 0 spiro atoms. The Kier molecular flexibility index (Phi) is 5.08. The Hall–Kier alpha value is -1.93. The third-order valence-electron chi connectivity index (χ3n) is 2.78. The Balaban J connectivity index is 2.21. The van der Waals surface area contributed by atoms with Gasteiger partial charge in [0.25, 0.3) is 5.88 Å². The number of aromatic nitrogens is 2. The SMILES string of the molecule is COCCOc1nc(C(=O)O)cnc1N1CCOCC1. The van der Waals surface area contributed by atoms with Crippen molar-refractivity contribution < 1.29 is 24.1 Å². The minimum absolute atomic E-state index is 0.144. The normalized spacial score (nSPS) is 15.2. The van der Waals surface area contributed by atoms with Gasteiger partial charge in [0.15, 0.2) is 11.5 Å². The van der Waals surface area contributed by atoms with E-state index in [1.54, 1.807) is 7.11 Å². The Morgan fingerprint density at radius 2 is 2.20 bits per heavy atom. The van der Waals surface area contributed by atoms with E-state index in [1.807, 2.05) is 4.90 Å². The zero-order valence-electron chi connectivity index (χ0n) is 11.2. The molecule has 0 radical (unpaired) electrons. The molecule has 1 saturated heterocycles. The van der Waals surface area contributed by atoms with Crippen LogP contribution in [0, 0.1) is 0 Å². The molecular formula is C12H17N3O5. The van der Waals surface area contributed by atoms with E-state index >= 15 is 0 Å². The summed E-state index contributed by atoms with van der Waals surface area (Å²) in [4.78, 5) is 21.1. The topological polar surface area (TPSA) is 94.0 Å². The van der Waals surface area contributed by atoms with E-state index in [-0.39, 0.29) is 18.2 Å². The van der Waals surface area contributed by atoms with E-state index in [0.29, 0.717) is 38.7 Å². The second-order valence-electron chi connectivity index (χ2n) is 4.13. The van der Waals surface area contributed by atoms with Crippen LogP contribution in [0.15, 0.2) is 6.20 Å². The average molecular weight is 283 g/mol. The van der Waals surface area contributed by atoms with E-state index in [1.165, 1.54) is 6.20 Å². The molecule has 2 rings (SSSR count). The highest BCUT2D eigenvalue weighted by Gasteiger charge is 2.20. The van der Waals surface area contributed by atoms with Crippen molar-refractivity contribution in [2.24, 2.45) is 0 Å². The first-order valence-corrected chi connectivity index (χ1v) is 6.27. The average Bonchev–Trinajstić information content (AvgIpc) is 2.48. The van der Waals surface area contributed by atoms with Crippen LogP contribution in [-0.4, -0.2) is 67.7 Å². The zero-order valence-corrected chi connectivity index (χ0v) is 11.2. The van der Waals surface area contributed by atoms with E-state index in [4.69, 9.17) is 19.3 Å². The van der Waals surface area contributed by atoms with Gasteiger partial charge in [0.05, 0.1) is 26.0 Å². The number of anilines is 1. The van der Waals surface area contributed by atoms with Gasteiger partial charge in [-0.15, -0.1) is 0 Å². The summed E-state index contributed by atoms with van der Waals surface area (Å²) in [6.07, 6.45) is 1.23. The number of hydrogen-bond acceptors (Lipinski definition) is 7. The number of carboxylic acids is 1. The third-order valence-corrected chi connectivity index (χ3v) is 2.78. The van der Waals surface area contributed by atoms with Gasteiger partial charge in [-0.3, -0.25) is 0 Å². The minimum Gasteiger partial charge on any atom is -0.476 e. The molecule has 0 unspecified atom stereocenters. The van der Waals surface area contributed by atoms with E-state index < -0.39 is 5.97 Å². The Morgan fingerprint density at radius 1 is 1.45 bits per heavy atom. The van der Waals surface area contributed by atoms with Crippen molar-refractivity contribution in [2.75, 3.05) is 51.5 Å². The highest BCUT2D eigenvalue weighted by atomic mass is 16.5. The van der Waals surface area contributed by atoms with Gasteiger partial charge in [-0.25, -0.2) is 14.8 Å². The van der Waals surface area contributed by atoms with E-state index in [2.05, 4.69) is 9.97 Å². The lowest BCUT2D eigenvalue weighted by molar-refractivity contribution is 0.0688. The number of carbonyl (C=O) groups is 1. The molecule has 8 heteroatoms. The molecule has 8 nitrogen and oxygen atoms in total. The van der Waals surface area contributed by atoms with Gasteiger partial charge >= 0.3 is 5.97 Å². The molecule has 0 amide bonds. The predicted molar refractivity (Wildman–Crippen MR) is 69.4 cm³/mol. The first-order valence-electron chi connectivity index (χ1n) is 6.27. The number of rotatable bonds is 6. The van der Waals surface area contributed by atoms with Gasteiger partial charge in [-0.2, -0.15) is 0 Å². The van der Waals surface area contributed by atoms with Crippen molar-refractivity contribution in [2.45, 2.75) is 0 Å². The summed E-state index contributed by atoms with van der Waals surface area (Å²) < 4.78 is 15.7. The largest absolute Gasteiger partial charge is 0.476 e. The van der Waals surface area contributed by atoms with Crippen LogP contribution in [0.25, 0.3) is 0 Å². The van der Waals surface area contributed by atoms with Crippen molar-refractivity contribution in [3.05, 3.63) is 11.9 Å². The highest BCUT2D eigenvalue weighted by Crippen LogP contribution is 2.24. The maximum Gasteiger partial charge on any atom is 0.356 e. The highest BCUT2D eigenvalue weighted by molar-refractivity contribution is 5.85. The molecule has 110 valence electrons. The number of ether oxygens (including phenoxy) is 3. The van der Waals surface area contributed by atoms with Gasteiger partial charge in [-0.05, 0) is 0 Å². The Morgan fingerprint density at radius 3 is 2.85 bits per heavy atom. The summed E-state index contributed by atoms with van der Waals surface area (Å²) in [5.41, 5.74) is -0.144. The first-order chi connectivity index (χ1) is 9.72. The van der Waals surface area contributed by atoms with Crippen molar-refractivity contribution >= 4 is 11.8 Å². The van der Waals surface area contributed by atoms with Crippen LogP contribution in [0.3, 0.4) is 0 Å². The number of aromatic carboxylic acids is 1. The second-order valence-corrected chi connectivity index (χ2v) is 4.13. The maximum atomic E-state index is 11.0. The lowest BCUT2D eigenvalue weighted by atomic mass is 10.4. The molecule has 1 fully saturated rings. The van der Waals surface area contributed by atoms with Gasteiger partial charge in [0.2, 0.25) is 0 Å². The van der Waals surface area contributed by atoms with Crippen molar-refractivity contribution in [3.63, 3.8) is 0 Å². The van der Waals surface area contributed by atoms with Crippen molar-refractivity contribution in [1.82, 2.24) is 9.97 Å². The van der Waals surface area contributed by atoms with Gasteiger partial charge in [-0.1, -0.05) is 0 Å². The number of nitrogens with zero attached hydrogens (tertiary/aromatic N) is 3. The summed E-state index contributed by atoms with van der Waals surface area (Å²) in [5.74, 6) is -0.388. The molecule has 1 aromatic rings. The van der Waals surface area contributed by atoms with Crippen molar-refractivity contribution in [1.29, 1.82) is 0 Å². The molecule has 0 aromatic carbocycles. The molecule has 1 aromatic heterocycles. The van der Waals surface area contributed by atoms with Crippen LogP contribution in [0.5, 0.6) is 5.88 Å². The molecule has 2 heterocycles.